The van der Waals surface area contributed by atoms with Gasteiger partial charge in [0.05, 0.1) is 24.3 Å². The van der Waals surface area contributed by atoms with Gasteiger partial charge in [-0.05, 0) is 24.3 Å². The van der Waals surface area contributed by atoms with Crippen molar-refractivity contribution in [3.8, 4) is 5.75 Å². The molecule has 136 valence electrons. The number of benzene rings is 2. The van der Waals surface area contributed by atoms with Crippen LogP contribution in [0, 0.1) is 0 Å². The second-order valence-electron chi connectivity index (χ2n) is 5.40. The smallest absolute Gasteiger partial charge is 0.329 e. The molecule has 2 N–H and O–H groups in total. The van der Waals surface area contributed by atoms with Gasteiger partial charge >= 0.3 is 11.8 Å². The maximum absolute atomic E-state index is 12.3. The van der Waals surface area contributed by atoms with Crippen molar-refractivity contribution in [1.29, 1.82) is 0 Å². The minimum Gasteiger partial charge on any atom is -0.497 e. The highest BCUT2D eigenvalue weighted by molar-refractivity contribution is 6.39. The lowest BCUT2D eigenvalue weighted by Crippen LogP contribution is -2.32. The fourth-order valence-electron chi connectivity index (χ4n) is 2.28. The van der Waals surface area contributed by atoms with E-state index in [4.69, 9.17) is 9.15 Å². The summed E-state index contributed by atoms with van der Waals surface area (Å²) < 4.78 is 10.4. The van der Waals surface area contributed by atoms with Crippen LogP contribution in [0.2, 0.25) is 0 Å². The second-order valence-corrected chi connectivity index (χ2v) is 5.40. The van der Waals surface area contributed by atoms with Crippen LogP contribution >= 0.6 is 0 Å². The van der Waals surface area contributed by atoms with Crippen molar-refractivity contribution >= 4 is 34.7 Å². The summed E-state index contributed by atoms with van der Waals surface area (Å²) in [5.74, 6) is -1.36. The molecule has 3 rings (SSSR count). The Morgan fingerprint density at radius 1 is 1.11 bits per heavy atom. The molecule has 0 unspecified atom stereocenters. The van der Waals surface area contributed by atoms with E-state index in [1.54, 1.807) is 48.5 Å². The molecule has 0 aliphatic heterocycles. The first kappa shape index (κ1) is 17.9. The minimum absolute atomic E-state index is 0.141. The molecule has 2 amide bonds. The molecule has 8 heteroatoms. The highest BCUT2D eigenvalue weighted by Gasteiger charge is 2.13. The largest absolute Gasteiger partial charge is 0.497 e. The molecule has 1 aromatic heterocycles. The van der Waals surface area contributed by atoms with Crippen LogP contribution in [-0.2, 0) is 9.59 Å². The number of carbonyl (C=O) groups is 2. The number of hydrazone groups is 1. The van der Waals surface area contributed by atoms with Gasteiger partial charge in [0.25, 0.3) is 0 Å². The van der Waals surface area contributed by atoms with Crippen molar-refractivity contribution in [3.63, 3.8) is 0 Å². The van der Waals surface area contributed by atoms with Gasteiger partial charge in [-0.1, -0.05) is 18.2 Å². The van der Waals surface area contributed by atoms with E-state index in [2.05, 4.69) is 15.8 Å². The molecule has 0 bridgehead atoms. The van der Waals surface area contributed by atoms with Crippen LogP contribution in [0.4, 0.5) is 5.69 Å². The second kappa shape index (κ2) is 7.96. The Hall–Kier alpha value is -3.94. The molecular weight excluding hydrogens is 350 g/mol. The standard InChI is InChI=1S/C19H15N3O5/c1-26-14-6-4-5-13(9-14)21-18(24)19(25)22-20-10-12-11-27-16-8-3-2-7-15(16)17(12)23/h2-11H,1H3,(H,21,24)(H,22,25)/b20-10+. The Kier molecular flexibility index (Phi) is 5.27. The molecular formula is C19H15N3O5. The zero-order valence-electron chi connectivity index (χ0n) is 14.3. The first-order valence-corrected chi connectivity index (χ1v) is 7.87. The van der Waals surface area contributed by atoms with Gasteiger partial charge in [-0.15, -0.1) is 0 Å². The SMILES string of the molecule is COc1cccc(NC(=O)C(=O)N/N=C/c2coc3ccccc3c2=O)c1. The molecule has 0 aliphatic rings. The van der Waals surface area contributed by atoms with Gasteiger partial charge in [0.1, 0.15) is 17.6 Å². The van der Waals surface area contributed by atoms with E-state index in [0.29, 0.717) is 22.4 Å². The number of fused-ring (bicyclic) bond motifs is 1. The minimum atomic E-state index is -0.987. The van der Waals surface area contributed by atoms with Gasteiger partial charge in [-0.25, -0.2) is 5.43 Å². The van der Waals surface area contributed by atoms with E-state index in [-0.39, 0.29) is 11.0 Å². The Labute approximate surface area is 153 Å². The van der Waals surface area contributed by atoms with Crippen molar-refractivity contribution in [2.24, 2.45) is 5.10 Å². The third-order valence-corrected chi connectivity index (χ3v) is 3.61. The maximum atomic E-state index is 12.3. The fraction of sp³-hybridized carbons (Fsp3) is 0.0526. The number of rotatable bonds is 4. The van der Waals surface area contributed by atoms with Crippen molar-refractivity contribution < 1.29 is 18.7 Å². The molecule has 0 saturated carbocycles. The third kappa shape index (κ3) is 4.18. The molecule has 3 aromatic rings. The summed E-state index contributed by atoms with van der Waals surface area (Å²) in [5.41, 5.74) is 2.75. The summed E-state index contributed by atoms with van der Waals surface area (Å²) in [5, 5.41) is 6.44. The molecule has 0 atom stereocenters. The highest BCUT2D eigenvalue weighted by atomic mass is 16.5. The molecule has 0 spiro atoms. The zero-order chi connectivity index (χ0) is 19.2. The molecule has 2 aromatic carbocycles. The van der Waals surface area contributed by atoms with E-state index < -0.39 is 11.8 Å². The van der Waals surface area contributed by atoms with Crippen LogP contribution in [-0.4, -0.2) is 25.1 Å². The van der Waals surface area contributed by atoms with E-state index in [0.717, 1.165) is 6.21 Å². The fourth-order valence-corrected chi connectivity index (χ4v) is 2.28. The molecule has 27 heavy (non-hydrogen) atoms. The average molecular weight is 365 g/mol. The van der Waals surface area contributed by atoms with E-state index in [1.807, 2.05) is 0 Å². The molecule has 8 nitrogen and oxygen atoms in total. The lowest BCUT2D eigenvalue weighted by molar-refractivity contribution is -0.136. The normalized spacial score (nSPS) is 10.7. The quantitative estimate of drug-likeness (QED) is 0.417. The Balaban J connectivity index is 1.65. The van der Waals surface area contributed by atoms with Crippen LogP contribution in [0.15, 0.2) is 69.1 Å². The first-order valence-electron chi connectivity index (χ1n) is 7.87. The van der Waals surface area contributed by atoms with Crippen LogP contribution in [0.5, 0.6) is 5.75 Å². The average Bonchev–Trinajstić information content (AvgIpc) is 2.70. The summed E-state index contributed by atoms with van der Waals surface area (Å²) in [6.07, 6.45) is 2.35. The molecule has 0 fully saturated rings. The number of para-hydroxylation sites is 1. The number of nitrogens with one attached hydrogen (secondary N) is 2. The number of ether oxygens (including phenoxy) is 1. The molecule has 0 saturated heterocycles. The van der Waals surface area contributed by atoms with Gasteiger partial charge in [-0.3, -0.25) is 14.4 Å². The Morgan fingerprint density at radius 2 is 1.93 bits per heavy atom. The first-order chi connectivity index (χ1) is 13.1. The number of carbonyl (C=O) groups excluding carboxylic acids is 2. The number of anilines is 1. The molecule has 0 aliphatic carbocycles. The lowest BCUT2D eigenvalue weighted by atomic mass is 10.2. The van der Waals surface area contributed by atoms with E-state index >= 15 is 0 Å². The van der Waals surface area contributed by atoms with E-state index in [9.17, 15) is 14.4 Å². The van der Waals surface area contributed by atoms with Crippen LogP contribution in [0.1, 0.15) is 5.56 Å². The van der Waals surface area contributed by atoms with Crippen LogP contribution in [0.25, 0.3) is 11.0 Å². The Bertz CT molecular complexity index is 1090. The van der Waals surface area contributed by atoms with E-state index in [1.165, 1.54) is 13.4 Å². The van der Waals surface area contributed by atoms with Crippen molar-refractivity contribution in [2.45, 2.75) is 0 Å². The summed E-state index contributed by atoms with van der Waals surface area (Å²) in [7, 11) is 1.49. The van der Waals surface area contributed by atoms with Gasteiger partial charge in [0.15, 0.2) is 0 Å². The number of hydrogen-bond donors (Lipinski definition) is 2. The maximum Gasteiger partial charge on any atom is 0.329 e. The third-order valence-electron chi connectivity index (χ3n) is 3.61. The number of methoxy groups -OCH3 is 1. The lowest BCUT2D eigenvalue weighted by Gasteiger charge is -2.05. The van der Waals surface area contributed by atoms with Crippen LogP contribution in [0.3, 0.4) is 0 Å². The van der Waals surface area contributed by atoms with Gasteiger partial charge in [-0.2, -0.15) is 5.10 Å². The zero-order valence-corrected chi connectivity index (χ0v) is 14.3. The monoisotopic (exact) mass is 365 g/mol. The summed E-state index contributed by atoms with van der Waals surface area (Å²) in [6, 6.07) is 13.3. The van der Waals surface area contributed by atoms with Crippen molar-refractivity contribution in [1.82, 2.24) is 5.43 Å². The van der Waals surface area contributed by atoms with Crippen molar-refractivity contribution in [2.75, 3.05) is 12.4 Å². The molecule has 1 heterocycles. The highest BCUT2D eigenvalue weighted by Crippen LogP contribution is 2.16. The number of hydrogen-bond acceptors (Lipinski definition) is 6. The van der Waals surface area contributed by atoms with Gasteiger partial charge in [0.2, 0.25) is 5.43 Å². The number of nitrogens with zero attached hydrogens (tertiary/aromatic N) is 1. The predicted octanol–water partition coefficient (Wildman–Crippen LogP) is 1.89. The summed E-state index contributed by atoms with van der Waals surface area (Å²) in [6.45, 7) is 0. The van der Waals surface area contributed by atoms with Gasteiger partial charge < -0.3 is 14.5 Å². The Morgan fingerprint density at radius 3 is 2.74 bits per heavy atom. The topological polar surface area (TPSA) is 110 Å². The van der Waals surface area contributed by atoms with Gasteiger partial charge in [0, 0.05) is 11.8 Å². The number of amides is 2. The summed E-state index contributed by atoms with van der Waals surface area (Å²) >= 11 is 0. The van der Waals surface area contributed by atoms with Crippen LogP contribution < -0.4 is 20.9 Å². The predicted molar refractivity (Wildman–Crippen MR) is 99.8 cm³/mol. The summed E-state index contributed by atoms with van der Waals surface area (Å²) in [4.78, 5) is 36.0. The molecule has 0 radical (unpaired) electrons. The van der Waals surface area contributed by atoms with Crippen molar-refractivity contribution in [3.05, 3.63) is 70.6 Å².